The third-order valence-corrected chi connectivity index (χ3v) is 7.55. The van der Waals surface area contributed by atoms with Crippen molar-refractivity contribution in [2.45, 2.75) is 26.0 Å². The minimum atomic E-state index is -2.56. The highest BCUT2D eigenvalue weighted by Crippen LogP contribution is 2.33. The lowest BCUT2D eigenvalue weighted by molar-refractivity contribution is -0.165. The van der Waals surface area contributed by atoms with Gasteiger partial charge in [0.25, 0.3) is 5.56 Å². The molecule has 0 aliphatic rings. The monoisotopic (exact) mass is 609 g/mol. The summed E-state index contributed by atoms with van der Waals surface area (Å²) in [5.74, 6) is -4.08. The van der Waals surface area contributed by atoms with Gasteiger partial charge in [-0.1, -0.05) is 46.6 Å². The molecule has 2 aromatic heterocycles. The Morgan fingerprint density at radius 1 is 0.952 bits per heavy atom. The number of rotatable bonds is 11. The second-order valence-electron chi connectivity index (χ2n) is 9.52. The molecule has 13 heteroatoms. The van der Waals surface area contributed by atoms with E-state index in [0.717, 1.165) is 10.2 Å². The molecule has 2 N–H and O–H groups in total. The largest absolute Gasteiger partial charge is 0.489 e. The first-order valence-electron chi connectivity index (χ1n) is 12.5. The minimum Gasteiger partial charge on any atom is -0.489 e. The van der Waals surface area contributed by atoms with Crippen LogP contribution in [0.2, 0.25) is 10.0 Å². The van der Waals surface area contributed by atoms with Crippen LogP contribution in [-0.2, 0) is 22.7 Å². The average Bonchev–Trinajstić information content (AvgIpc) is 3.40. The third kappa shape index (κ3) is 5.69. The van der Waals surface area contributed by atoms with Crippen molar-refractivity contribution in [1.29, 1.82) is 0 Å². The molecule has 0 amide bonds. The van der Waals surface area contributed by atoms with E-state index in [4.69, 9.17) is 32.4 Å². The van der Waals surface area contributed by atoms with Crippen molar-refractivity contribution in [1.82, 2.24) is 15.0 Å². The van der Waals surface area contributed by atoms with Crippen LogP contribution in [-0.4, -0.2) is 42.9 Å². The topological polar surface area (TPSA) is 162 Å². The first-order chi connectivity index (χ1) is 20.1. The zero-order valence-corrected chi connectivity index (χ0v) is 23.1. The predicted molar refractivity (Wildman–Crippen MR) is 152 cm³/mol. The number of fused-ring (bicyclic) bond motifs is 2. The summed E-state index contributed by atoms with van der Waals surface area (Å²) in [5.41, 5.74) is -1.69. The van der Waals surface area contributed by atoms with Crippen LogP contribution < -0.4 is 10.3 Å². The second-order valence-corrected chi connectivity index (χ2v) is 10.3. The number of benzene rings is 3. The van der Waals surface area contributed by atoms with Gasteiger partial charge in [0.05, 0.1) is 15.4 Å². The molecule has 0 aliphatic heterocycles. The van der Waals surface area contributed by atoms with Gasteiger partial charge in [-0.15, -0.1) is 5.10 Å². The van der Waals surface area contributed by atoms with Crippen LogP contribution in [0.25, 0.3) is 21.9 Å². The first kappa shape index (κ1) is 28.8. The SMILES string of the molecule is O=C(CC(CCn1nnc2ccccc2c1=O)(C(=O)O)C(=O)O)c1cc2cc(OCc3ccc(Cl)c(Cl)c3)ccc2o1. The van der Waals surface area contributed by atoms with Crippen LogP contribution in [0.5, 0.6) is 5.75 Å². The maximum absolute atomic E-state index is 13.2. The number of furan rings is 1. The van der Waals surface area contributed by atoms with Gasteiger partial charge in [-0.3, -0.25) is 19.2 Å². The van der Waals surface area contributed by atoms with E-state index in [1.165, 1.54) is 12.1 Å². The Labute approximate surface area is 246 Å². The predicted octanol–water partition coefficient (Wildman–Crippen LogP) is 5.24. The van der Waals surface area contributed by atoms with E-state index in [0.29, 0.717) is 32.3 Å². The Bertz CT molecular complexity index is 1900. The van der Waals surface area contributed by atoms with Crippen molar-refractivity contribution in [3.05, 3.63) is 98.5 Å². The van der Waals surface area contributed by atoms with Gasteiger partial charge in [0.15, 0.2) is 17.0 Å². The van der Waals surface area contributed by atoms with Crippen molar-refractivity contribution in [2.24, 2.45) is 5.41 Å². The van der Waals surface area contributed by atoms with E-state index in [2.05, 4.69) is 10.3 Å². The van der Waals surface area contributed by atoms with Gasteiger partial charge >= 0.3 is 11.9 Å². The van der Waals surface area contributed by atoms with Gasteiger partial charge in [-0.05, 0) is 60.5 Å². The lowest BCUT2D eigenvalue weighted by atomic mass is 9.79. The number of carbonyl (C=O) groups excluding carboxylic acids is 1. The summed E-state index contributed by atoms with van der Waals surface area (Å²) < 4.78 is 12.3. The number of nitrogens with zero attached hydrogens (tertiary/aromatic N) is 3. The van der Waals surface area contributed by atoms with Crippen LogP contribution in [0.3, 0.4) is 0 Å². The summed E-state index contributed by atoms with van der Waals surface area (Å²) in [7, 11) is 0. The number of carboxylic acid groups (broad SMARTS) is 2. The highest BCUT2D eigenvalue weighted by atomic mass is 35.5. The fourth-order valence-electron chi connectivity index (χ4n) is 4.42. The number of Topliss-reactive ketones (excluding diaryl/α,β-unsaturated/α-hetero) is 1. The zero-order valence-electron chi connectivity index (χ0n) is 21.6. The van der Waals surface area contributed by atoms with Crippen LogP contribution in [0.15, 0.2) is 75.9 Å². The summed E-state index contributed by atoms with van der Waals surface area (Å²) in [5, 5.41) is 29.1. The molecular formula is C29H21Cl2N3O8. The molecule has 5 aromatic rings. The Balaban J connectivity index is 1.34. The van der Waals surface area contributed by atoms with Crippen molar-refractivity contribution in [2.75, 3.05) is 0 Å². The van der Waals surface area contributed by atoms with E-state index >= 15 is 0 Å². The summed E-state index contributed by atoms with van der Waals surface area (Å²) in [6, 6.07) is 17.7. The average molecular weight is 610 g/mol. The van der Waals surface area contributed by atoms with Gasteiger partial charge in [-0.2, -0.15) is 0 Å². The number of aryl methyl sites for hydroxylation is 1. The number of carboxylic acids is 2. The van der Waals surface area contributed by atoms with E-state index in [1.807, 2.05) is 0 Å². The molecule has 0 unspecified atom stereocenters. The number of halogens is 2. The highest BCUT2D eigenvalue weighted by Gasteiger charge is 2.48. The lowest BCUT2D eigenvalue weighted by Gasteiger charge is -2.23. The fraction of sp³-hybridized carbons (Fsp3) is 0.172. The number of aliphatic carboxylic acids is 2. The summed E-state index contributed by atoms with van der Waals surface area (Å²) >= 11 is 12.0. The van der Waals surface area contributed by atoms with Crippen LogP contribution >= 0.6 is 23.2 Å². The van der Waals surface area contributed by atoms with Gasteiger partial charge in [0, 0.05) is 18.4 Å². The molecule has 0 spiro atoms. The molecule has 0 atom stereocenters. The number of hydrogen-bond acceptors (Lipinski definition) is 8. The molecule has 0 fully saturated rings. The molecule has 2 heterocycles. The Morgan fingerprint density at radius 3 is 2.45 bits per heavy atom. The first-order valence-corrected chi connectivity index (χ1v) is 13.3. The van der Waals surface area contributed by atoms with Crippen molar-refractivity contribution < 1.29 is 33.8 Å². The number of ketones is 1. The lowest BCUT2D eigenvalue weighted by Crippen LogP contribution is -2.43. The molecular weight excluding hydrogens is 589 g/mol. The van der Waals surface area contributed by atoms with Crippen LogP contribution in [0, 0.1) is 5.41 Å². The number of carbonyl (C=O) groups is 3. The molecule has 0 radical (unpaired) electrons. The molecule has 42 heavy (non-hydrogen) atoms. The van der Waals surface area contributed by atoms with Gasteiger partial charge in [0.2, 0.25) is 0 Å². The zero-order chi connectivity index (χ0) is 30.0. The number of hydrogen-bond donors (Lipinski definition) is 2. The van der Waals surface area contributed by atoms with E-state index in [1.54, 1.807) is 54.6 Å². The van der Waals surface area contributed by atoms with Gasteiger partial charge in [0.1, 0.15) is 23.5 Å². The summed E-state index contributed by atoms with van der Waals surface area (Å²) in [6.07, 6.45) is -1.53. The second kappa shape index (κ2) is 11.6. The van der Waals surface area contributed by atoms with Crippen LogP contribution in [0.4, 0.5) is 0 Å². The maximum Gasteiger partial charge on any atom is 0.321 e. The van der Waals surface area contributed by atoms with E-state index in [9.17, 15) is 29.4 Å². The number of ether oxygens (including phenoxy) is 1. The molecule has 0 saturated heterocycles. The molecule has 0 saturated carbocycles. The minimum absolute atomic E-state index is 0.191. The maximum atomic E-state index is 13.2. The smallest absolute Gasteiger partial charge is 0.321 e. The molecule has 3 aromatic carbocycles. The van der Waals surface area contributed by atoms with E-state index in [-0.39, 0.29) is 17.8 Å². The van der Waals surface area contributed by atoms with Crippen molar-refractivity contribution >= 4 is 62.8 Å². The van der Waals surface area contributed by atoms with E-state index < -0.39 is 48.1 Å². The van der Waals surface area contributed by atoms with Gasteiger partial charge in [-0.25, -0.2) is 4.68 Å². The normalized spacial score (nSPS) is 11.6. The van der Waals surface area contributed by atoms with Crippen LogP contribution in [0.1, 0.15) is 29.0 Å². The Morgan fingerprint density at radius 2 is 1.71 bits per heavy atom. The fourth-order valence-corrected chi connectivity index (χ4v) is 4.74. The number of aromatic nitrogens is 3. The van der Waals surface area contributed by atoms with Crippen molar-refractivity contribution in [3.63, 3.8) is 0 Å². The Hall–Kier alpha value is -4.74. The molecule has 11 nitrogen and oxygen atoms in total. The molecule has 0 bridgehead atoms. The summed E-state index contributed by atoms with van der Waals surface area (Å²) in [4.78, 5) is 50.5. The molecule has 5 rings (SSSR count). The highest BCUT2D eigenvalue weighted by molar-refractivity contribution is 6.42. The Kier molecular flexibility index (Phi) is 7.97. The molecule has 0 aliphatic carbocycles. The standard InChI is InChI=1S/C29H21Cl2N3O8/c30-20-7-5-16(11-21(20)31)15-41-18-6-8-24-17(12-18)13-25(42-24)23(35)14-29(27(37)38,28(39)40)9-10-34-26(36)19-3-1-2-4-22(19)32-33-34/h1-8,11-13H,9-10,14-15H2,(H,37,38)(H,39,40). The summed E-state index contributed by atoms with van der Waals surface area (Å²) in [6.45, 7) is -0.210. The quantitative estimate of drug-likeness (QED) is 0.149. The third-order valence-electron chi connectivity index (χ3n) is 6.81. The molecule has 214 valence electrons. The van der Waals surface area contributed by atoms with Crippen molar-refractivity contribution in [3.8, 4) is 5.75 Å². The van der Waals surface area contributed by atoms with Gasteiger partial charge < -0.3 is 19.4 Å².